The lowest BCUT2D eigenvalue weighted by molar-refractivity contribution is 0.280. The minimum atomic E-state index is -0.235. The van der Waals surface area contributed by atoms with Crippen molar-refractivity contribution in [3.8, 4) is 22.4 Å². The first kappa shape index (κ1) is 18.3. The summed E-state index contributed by atoms with van der Waals surface area (Å²) >= 11 is 0. The number of rotatable bonds is 4. The summed E-state index contributed by atoms with van der Waals surface area (Å²) in [6.07, 6.45) is 9.52. The molecule has 4 nitrogen and oxygen atoms in total. The van der Waals surface area contributed by atoms with Crippen molar-refractivity contribution in [1.82, 2.24) is 20.1 Å². The number of H-pyrrole nitrogens is 1. The van der Waals surface area contributed by atoms with Crippen molar-refractivity contribution in [2.75, 3.05) is 13.1 Å². The Balaban J connectivity index is 1.60. The molecule has 1 fully saturated rings. The van der Waals surface area contributed by atoms with Gasteiger partial charge in [0.05, 0.1) is 11.4 Å². The van der Waals surface area contributed by atoms with Gasteiger partial charge in [-0.2, -0.15) is 5.10 Å². The van der Waals surface area contributed by atoms with Crippen LogP contribution in [0, 0.1) is 11.7 Å². The molecule has 29 heavy (non-hydrogen) atoms. The summed E-state index contributed by atoms with van der Waals surface area (Å²) in [4.78, 5) is 6.78. The molecule has 5 heteroatoms. The van der Waals surface area contributed by atoms with E-state index in [0.29, 0.717) is 6.04 Å². The van der Waals surface area contributed by atoms with Crippen molar-refractivity contribution in [1.29, 1.82) is 0 Å². The molecule has 1 saturated heterocycles. The van der Waals surface area contributed by atoms with Crippen molar-refractivity contribution >= 4 is 5.57 Å². The van der Waals surface area contributed by atoms with E-state index in [4.69, 9.17) is 5.10 Å². The Hall–Kier alpha value is -2.79. The molecule has 5 rings (SSSR count). The van der Waals surface area contributed by atoms with Gasteiger partial charge in [0.25, 0.3) is 0 Å². The maximum atomic E-state index is 13.5. The molecule has 1 aromatic carbocycles. The number of hydrogen-bond donors (Lipinski definition) is 1. The SMILES string of the molecule is CCC1CC2C=C(c3n[nH]c(-c4ccc(F)cc4)c3-c3ccncc3)CCN2C1. The van der Waals surface area contributed by atoms with E-state index in [9.17, 15) is 4.39 Å². The number of pyridine rings is 1. The number of fused-ring (bicyclic) bond motifs is 1. The Bertz CT molecular complexity index is 1020. The fourth-order valence-electron chi connectivity index (χ4n) is 4.73. The summed E-state index contributed by atoms with van der Waals surface area (Å²) in [7, 11) is 0. The van der Waals surface area contributed by atoms with Crippen LogP contribution >= 0.6 is 0 Å². The van der Waals surface area contributed by atoms with Crippen LogP contribution in [0.5, 0.6) is 0 Å². The number of nitrogens with zero attached hydrogens (tertiary/aromatic N) is 3. The fraction of sp³-hybridized carbons (Fsp3) is 0.333. The Kier molecular flexibility index (Phi) is 4.76. The minimum absolute atomic E-state index is 0.235. The van der Waals surface area contributed by atoms with Crippen LogP contribution in [0.4, 0.5) is 4.39 Å². The van der Waals surface area contributed by atoms with Crippen LogP contribution in [0.2, 0.25) is 0 Å². The van der Waals surface area contributed by atoms with E-state index in [0.717, 1.165) is 47.0 Å². The highest BCUT2D eigenvalue weighted by molar-refractivity contribution is 5.89. The molecule has 2 aliphatic heterocycles. The Labute approximate surface area is 170 Å². The topological polar surface area (TPSA) is 44.8 Å². The van der Waals surface area contributed by atoms with Crippen LogP contribution in [0.15, 0.2) is 54.9 Å². The van der Waals surface area contributed by atoms with Gasteiger partial charge in [-0.15, -0.1) is 0 Å². The Morgan fingerprint density at radius 2 is 1.90 bits per heavy atom. The van der Waals surface area contributed by atoms with Crippen LogP contribution in [-0.4, -0.2) is 39.2 Å². The molecule has 0 radical (unpaired) electrons. The number of hydrogen-bond acceptors (Lipinski definition) is 3. The largest absolute Gasteiger partial charge is 0.296 e. The van der Waals surface area contributed by atoms with E-state index < -0.39 is 0 Å². The summed E-state index contributed by atoms with van der Waals surface area (Å²) < 4.78 is 13.5. The average molecular weight is 388 g/mol. The van der Waals surface area contributed by atoms with Crippen LogP contribution in [-0.2, 0) is 0 Å². The van der Waals surface area contributed by atoms with Gasteiger partial charge in [0, 0.05) is 42.7 Å². The lowest BCUT2D eigenvalue weighted by atomic mass is 9.92. The third kappa shape index (κ3) is 3.40. The third-order valence-electron chi connectivity index (χ3n) is 6.35. The van der Waals surface area contributed by atoms with Gasteiger partial charge in [0.15, 0.2) is 0 Å². The van der Waals surface area contributed by atoms with Crippen molar-refractivity contribution in [2.24, 2.45) is 5.92 Å². The monoisotopic (exact) mass is 388 g/mol. The first-order valence-electron chi connectivity index (χ1n) is 10.4. The van der Waals surface area contributed by atoms with Gasteiger partial charge in [-0.1, -0.05) is 19.4 Å². The maximum absolute atomic E-state index is 13.5. The van der Waals surface area contributed by atoms with Gasteiger partial charge < -0.3 is 0 Å². The van der Waals surface area contributed by atoms with Crippen LogP contribution in [0.3, 0.4) is 0 Å². The average Bonchev–Trinajstić information content (AvgIpc) is 3.38. The molecule has 2 aromatic heterocycles. The van der Waals surface area contributed by atoms with Crippen LogP contribution < -0.4 is 0 Å². The Morgan fingerprint density at radius 1 is 1.10 bits per heavy atom. The normalized spacial score (nSPS) is 21.8. The van der Waals surface area contributed by atoms with Crippen molar-refractivity contribution in [3.63, 3.8) is 0 Å². The maximum Gasteiger partial charge on any atom is 0.123 e. The number of nitrogens with one attached hydrogen (secondary N) is 1. The number of benzene rings is 1. The number of aromatic nitrogens is 3. The molecule has 4 heterocycles. The summed E-state index contributed by atoms with van der Waals surface area (Å²) in [6.45, 7) is 4.59. The van der Waals surface area contributed by atoms with Crippen molar-refractivity contribution in [2.45, 2.75) is 32.2 Å². The second-order valence-corrected chi connectivity index (χ2v) is 8.08. The number of aromatic amines is 1. The smallest absolute Gasteiger partial charge is 0.123 e. The predicted octanol–water partition coefficient (Wildman–Crippen LogP) is 5.17. The van der Waals surface area contributed by atoms with Gasteiger partial charge in [0.2, 0.25) is 0 Å². The quantitative estimate of drug-likeness (QED) is 0.671. The third-order valence-corrected chi connectivity index (χ3v) is 6.35. The first-order valence-corrected chi connectivity index (χ1v) is 10.4. The zero-order chi connectivity index (χ0) is 19.8. The summed E-state index contributed by atoms with van der Waals surface area (Å²) in [6, 6.07) is 11.1. The summed E-state index contributed by atoms with van der Waals surface area (Å²) in [5.41, 5.74) is 6.32. The minimum Gasteiger partial charge on any atom is -0.296 e. The highest BCUT2D eigenvalue weighted by Crippen LogP contribution is 2.40. The van der Waals surface area contributed by atoms with E-state index in [1.165, 1.54) is 37.1 Å². The lowest BCUT2D eigenvalue weighted by Crippen LogP contribution is -2.32. The summed E-state index contributed by atoms with van der Waals surface area (Å²) in [5, 5.41) is 7.98. The number of halogens is 1. The zero-order valence-electron chi connectivity index (χ0n) is 16.6. The lowest BCUT2D eigenvalue weighted by Gasteiger charge is -2.28. The molecule has 0 spiro atoms. The predicted molar refractivity (Wildman–Crippen MR) is 114 cm³/mol. The van der Waals surface area contributed by atoms with Crippen LogP contribution in [0.25, 0.3) is 28.0 Å². The molecular weight excluding hydrogens is 363 g/mol. The molecule has 2 unspecified atom stereocenters. The highest BCUT2D eigenvalue weighted by Gasteiger charge is 2.33. The summed E-state index contributed by atoms with van der Waals surface area (Å²) in [5.74, 6) is 0.560. The van der Waals surface area contributed by atoms with Gasteiger partial charge in [-0.05, 0) is 66.3 Å². The molecule has 3 aromatic rings. The molecule has 0 amide bonds. The fourth-order valence-corrected chi connectivity index (χ4v) is 4.73. The van der Waals surface area contributed by atoms with E-state index in [1.807, 2.05) is 12.1 Å². The second kappa shape index (κ2) is 7.56. The molecule has 0 saturated carbocycles. The van der Waals surface area contributed by atoms with Gasteiger partial charge in [-0.25, -0.2) is 4.39 Å². The Morgan fingerprint density at radius 3 is 2.66 bits per heavy atom. The molecule has 0 bridgehead atoms. The molecule has 1 N–H and O–H groups in total. The molecule has 148 valence electrons. The van der Waals surface area contributed by atoms with Gasteiger partial charge in [-0.3, -0.25) is 15.0 Å². The molecule has 2 aliphatic rings. The zero-order valence-corrected chi connectivity index (χ0v) is 16.6. The molecule has 2 atom stereocenters. The van der Waals surface area contributed by atoms with E-state index >= 15 is 0 Å². The van der Waals surface area contributed by atoms with Gasteiger partial charge >= 0.3 is 0 Å². The van der Waals surface area contributed by atoms with Crippen molar-refractivity contribution in [3.05, 3.63) is 66.4 Å². The van der Waals surface area contributed by atoms with E-state index in [1.54, 1.807) is 24.5 Å². The van der Waals surface area contributed by atoms with E-state index in [2.05, 4.69) is 28.0 Å². The van der Waals surface area contributed by atoms with Crippen LogP contribution in [0.1, 0.15) is 31.9 Å². The standard InChI is InChI=1S/C24H25FN4/c1-2-16-13-21-14-19(9-12-29(21)15-16)24-22(17-7-10-26-11-8-17)23(27-28-24)18-3-5-20(25)6-4-18/h3-8,10-11,14,16,21H,2,9,12-13,15H2,1H3,(H,27,28). The van der Waals surface area contributed by atoms with Crippen molar-refractivity contribution < 1.29 is 4.39 Å². The molecule has 0 aliphatic carbocycles. The highest BCUT2D eigenvalue weighted by atomic mass is 19.1. The molecular formula is C24H25FN4. The van der Waals surface area contributed by atoms with E-state index in [-0.39, 0.29) is 5.82 Å². The second-order valence-electron chi connectivity index (χ2n) is 8.08. The first-order chi connectivity index (χ1) is 14.2. The van der Waals surface area contributed by atoms with Gasteiger partial charge in [0.1, 0.15) is 5.82 Å².